The molecule has 210 valence electrons. The lowest BCUT2D eigenvalue weighted by atomic mass is 9.93. The SMILES string of the molecule is CC(C)(C)OC(=O)N1CCC[C@@H](Oc2ccc(-c3cc(-c4cc5c(cc4F)C(=O)NCC5)c(N)nc3F)cc2)C1. The van der Waals surface area contributed by atoms with Gasteiger partial charge in [0.1, 0.15) is 29.1 Å². The van der Waals surface area contributed by atoms with Crippen molar-refractivity contribution in [2.24, 2.45) is 0 Å². The molecule has 10 heteroatoms. The number of nitrogens with one attached hydrogen (secondary N) is 1. The van der Waals surface area contributed by atoms with Crippen LogP contribution in [0.3, 0.4) is 0 Å². The van der Waals surface area contributed by atoms with E-state index in [4.69, 9.17) is 15.2 Å². The molecule has 3 aromatic rings. The minimum absolute atomic E-state index is 0.146. The molecule has 40 heavy (non-hydrogen) atoms. The van der Waals surface area contributed by atoms with E-state index in [2.05, 4.69) is 10.3 Å². The number of hydrogen-bond acceptors (Lipinski definition) is 6. The maximum Gasteiger partial charge on any atom is 0.410 e. The van der Waals surface area contributed by atoms with E-state index >= 15 is 4.39 Å². The summed E-state index contributed by atoms with van der Waals surface area (Å²) in [7, 11) is 0. The van der Waals surface area contributed by atoms with Crippen molar-refractivity contribution >= 4 is 17.8 Å². The summed E-state index contributed by atoms with van der Waals surface area (Å²) in [4.78, 5) is 30.0. The van der Waals surface area contributed by atoms with Gasteiger partial charge in [-0.05, 0) is 81.5 Å². The lowest BCUT2D eigenvalue weighted by molar-refractivity contribution is 0.00775. The Morgan fingerprint density at radius 2 is 1.82 bits per heavy atom. The number of carbonyl (C=O) groups excluding carboxylic acids is 2. The Labute approximate surface area is 231 Å². The second-order valence-corrected chi connectivity index (χ2v) is 11.1. The first-order chi connectivity index (χ1) is 19.0. The molecular weight excluding hydrogens is 518 g/mol. The number of amides is 2. The summed E-state index contributed by atoms with van der Waals surface area (Å²) >= 11 is 0. The van der Waals surface area contributed by atoms with Crippen molar-refractivity contribution in [2.75, 3.05) is 25.4 Å². The molecule has 2 amide bonds. The zero-order valence-electron chi connectivity index (χ0n) is 22.7. The van der Waals surface area contributed by atoms with Gasteiger partial charge in [-0.1, -0.05) is 12.1 Å². The number of carbonyl (C=O) groups is 2. The fourth-order valence-corrected chi connectivity index (χ4v) is 5.00. The van der Waals surface area contributed by atoms with E-state index in [1.54, 1.807) is 35.2 Å². The van der Waals surface area contributed by atoms with Crippen LogP contribution in [-0.4, -0.2) is 53.2 Å². The van der Waals surface area contributed by atoms with Gasteiger partial charge in [0.15, 0.2) is 0 Å². The van der Waals surface area contributed by atoms with E-state index in [9.17, 15) is 14.0 Å². The zero-order chi connectivity index (χ0) is 28.6. The van der Waals surface area contributed by atoms with Crippen LogP contribution in [0.25, 0.3) is 22.3 Å². The molecule has 1 saturated heterocycles. The highest BCUT2D eigenvalue weighted by Crippen LogP contribution is 2.35. The number of aromatic nitrogens is 1. The van der Waals surface area contributed by atoms with Crippen LogP contribution < -0.4 is 15.8 Å². The van der Waals surface area contributed by atoms with Crippen molar-refractivity contribution in [3.8, 4) is 28.0 Å². The molecule has 3 N–H and O–H groups in total. The summed E-state index contributed by atoms with van der Waals surface area (Å²) in [5.41, 5.74) is 7.48. The molecule has 2 aliphatic rings. The van der Waals surface area contributed by atoms with Crippen LogP contribution in [0.2, 0.25) is 0 Å². The molecule has 1 atom stereocenters. The third-order valence-corrected chi connectivity index (χ3v) is 6.91. The molecule has 0 aliphatic carbocycles. The number of nitrogens with two attached hydrogens (primary N) is 1. The van der Waals surface area contributed by atoms with Gasteiger partial charge in [-0.2, -0.15) is 4.39 Å². The number of rotatable bonds is 4. The summed E-state index contributed by atoms with van der Waals surface area (Å²) in [6.45, 7) is 6.96. The zero-order valence-corrected chi connectivity index (χ0v) is 22.7. The number of pyridine rings is 1. The molecular formula is C30H32F2N4O4. The van der Waals surface area contributed by atoms with Crippen LogP contribution >= 0.6 is 0 Å². The maximum absolute atomic E-state index is 15.1. The average molecular weight is 551 g/mol. The largest absolute Gasteiger partial charge is 0.489 e. The molecule has 3 heterocycles. The first-order valence-corrected chi connectivity index (χ1v) is 13.3. The monoisotopic (exact) mass is 550 g/mol. The number of likely N-dealkylation sites (tertiary alicyclic amines) is 1. The van der Waals surface area contributed by atoms with Gasteiger partial charge in [0, 0.05) is 35.3 Å². The van der Waals surface area contributed by atoms with Gasteiger partial charge in [-0.3, -0.25) is 4.79 Å². The quantitative estimate of drug-likeness (QED) is 0.425. The Balaban J connectivity index is 1.35. The van der Waals surface area contributed by atoms with Crippen LogP contribution in [-0.2, 0) is 11.2 Å². The van der Waals surface area contributed by atoms with Crippen molar-refractivity contribution in [2.45, 2.75) is 51.7 Å². The highest BCUT2D eigenvalue weighted by atomic mass is 19.1. The van der Waals surface area contributed by atoms with Crippen molar-refractivity contribution in [1.29, 1.82) is 0 Å². The number of ether oxygens (including phenoxy) is 2. The number of nitrogen functional groups attached to an aromatic ring is 1. The van der Waals surface area contributed by atoms with Crippen LogP contribution in [0.15, 0.2) is 42.5 Å². The minimum Gasteiger partial charge on any atom is -0.489 e. The number of benzene rings is 2. The standard InChI is InChI=1S/C30H32F2N4O4/c1-30(2,3)40-29(38)36-12-4-5-20(16-36)39-19-8-6-17(7-9-19)21-14-24(27(33)35-26(21)32)23-13-18-10-11-34-28(37)22(18)15-25(23)31/h6-9,13-15,20H,4-5,10-12,16H2,1-3H3,(H2,33,35)(H,34,37)/t20-/m1/s1. The predicted molar refractivity (Wildman–Crippen MR) is 147 cm³/mol. The molecule has 0 spiro atoms. The Morgan fingerprint density at radius 1 is 1.07 bits per heavy atom. The smallest absolute Gasteiger partial charge is 0.410 e. The number of halogens is 2. The molecule has 1 aromatic heterocycles. The summed E-state index contributed by atoms with van der Waals surface area (Å²) in [5, 5.41) is 2.69. The molecule has 8 nitrogen and oxygen atoms in total. The van der Waals surface area contributed by atoms with Crippen molar-refractivity contribution in [1.82, 2.24) is 15.2 Å². The predicted octanol–water partition coefficient (Wildman–Crippen LogP) is 5.34. The van der Waals surface area contributed by atoms with Crippen LogP contribution in [0.4, 0.5) is 19.4 Å². The van der Waals surface area contributed by atoms with E-state index in [1.807, 2.05) is 20.8 Å². The number of piperidine rings is 1. The highest BCUT2D eigenvalue weighted by Gasteiger charge is 2.29. The van der Waals surface area contributed by atoms with Crippen LogP contribution in [0, 0.1) is 11.8 Å². The third-order valence-electron chi connectivity index (χ3n) is 6.91. The van der Waals surface area contributed by atoms with E-state index in [0.717, 1.165) is 12.8 Å². The average Bonchev–Trinajstić information content (AvgIpc) is 2.89. The Hall–Kier alpha value is -4.21. The molecule has 0 radical (unpaired) electrons. The van der Waals surface area contributed by atoms with Gasteiger partial charge < -0.3 is 25.4 Å². The van der Waals surface area contributed by atoms with Crippen molar-refractivity contribution in [3.05, 3.63) is 65.4 Å². The molecule has 5 rings (SSSR count). The summed E-state index contributed by atoms with van der Waals surface area (Å²) in [6, 6.07) is 11.1. The molecule has 2 aromatic carbocycles. The topological polar surface area (TPSA) is 107 Å². The molecule has 1 fully saturated rings. The lowest BCUT2D eigenvalue weighted by Gasteiger charge is -2.34. The van der Waals surface area contributed by atoms with E-state index in [-0.39, 0.29) is 46.2 Å². The van der Waals surface area contributed by atoms with E-state index in [1.165, 1.54) is 12.1 Å². The number of fused-ring (bicyclic) bond motifs is 1. The lowest BCUT2D eigenvalue weighted by Crippen LogP contribution is -2.46. The van der Waals surface area contributed by atoms with Crippen LogP contribution in [0.5, 0.6) is 5.75 Å². The molecule has 0 saturated carbocycles. The van der Waals surface area contributed by atoms with E-state index in [0.29, 0.717) is 42.9 Å². The Bertz CT molecular complexity index is 1450. The van der Waals surface area contributed by atoms with E-state index < -0.39 is 17.4 Å². The summed E-state index contributed by atoms with van der Waals surface area (Å²) in [6.07, 6.45) is 1.55. The first-order valence-electron chi connectivity index (χ1n) is 13.3. The van der Waals surface area contributed by atoms with Gasteiger partial charge in [0.2, 0.25) is 5.95 Å². The number of anilines is 1. The summed E-state index contributed by atoms with van der Waals surface area (Å²) < 4.78 is 41.6. The van der Waals surface area contributed by atoms with Gasteiger partial charge >= 0.3 is 6.09 Å². The molecule has 2 aliphatic heterocycles. The highest BCUT2D eigenvalue weighted by molar-refractivity contribution is 5.97. The van der Waals surface area contributed by atoms with Gasteiger partial charge in [0.05, 0.1) is 6.54 Å². The van der Waals surface area contributed by atoms with Crippen molar-refractivity contribution in [3.63, 3.8) is 0 Å². The first kappa shape index (κ1) is 27.4. The van der Waals surface area contributed by atoms with Crippen molar-refractivity contribution < 1.29 is 27.8 Å². The number of nitrogens with zero attached hydrogens (tertiary/aromatic N) is 2. The second kappa shape index (κ2) is 10.7. The normalized spacial score (nSPS) is 17.2. The molecule has 0 unspecified atom stereocenters. The van der Waals surface area contributed by atoms with Gasteiger partial charge in [-0.25, -0.2) is 14.2 Å². The molecule has 0 bridgehead atoms. The van der Waals surface area contributed by atoms with Gasteiger partial charge in [0.25, 0.3) is 5.91 Å². The third kappa shape index (κ3) is 5.85. The Kier molecular flexibility index (Phi) is 7.35. The Morgan fingerprint density at radius 3 is 2.55 bits per heavy atom. The fourth-order valence-electron chi connectivity index (χ4n) is 5.00. The summed E-state index contributed by atoms with van der Waals surface area (Å²) in [5.74, 6) is -1.33. The maximum atomic E-state index is 15.1. The van der Waals surface area contributed by atoms with Crippen LogP contribution in [0.1, 0.15) is 49.5 Å². The van der Waals surface area contributed by atoms with Gasteiger partial charge in [-0.15, -0.1) is 0 Å². The fraction of sp³-hybridized carbons (Fsp3) is 0.367. The minimum atomic E-state index is -0.784. The number of hydrogen-bond donors (Lipinski definition) is 2. The second-order valence-electron chi connectivity index (χ2n) is 11.1.